The quantitative estimate of drug-likeness (QED) is 0.317. The molecule has 3 rings (SSSR count). The van der Waals surface area contributed by atoms with E-state index in [0.29, 0.717) is 0 Å². The van der Waals surface area contributed by atoms with Crippen LogP contribution in [-0.2, 0) is 21.0 Å². The molecule has 0 aromatic heterocycles. The molecule has 0 unspecified atom stereocenters. The van der Waals surface area contributed by atoms with Crippen LogP contribution in [-0.4, -0.2) is 30.5 Å². The molecule has 0 aliphatic carbocycles. The highest BCUT2D eigenvalue weighted by atomic mass is 32.2. The molecule has 0 atom stereocenters. The first kappa shape index (κ1) is 26.8. The summed E-state index contributed by atoms with van der Waals surface area (Å²) in [5.74, 6) is -1.37. The highest BCUT2D eigenvalue weighted by molar-refractivity contribution is 7.97. The van der Waals surface area contributed by atoms with Crippen molar-refractivity contribution in [1.29, 1.82) is 0 Å². The molecular weight excluding hydrogens is 473 g/mol. The first-order valence-corrected chi connectivity index (χ1v) is 12.7. The highest BCUT2D eigenvalue weighted by Gasteiger charge is 2.30. The van der Waals surface area contributed by atoms with Crippen LogP contribution in [0.1, 0.15) is 20.8 Å². The van der Waals surface area contributed by atoms with Gasteiger partial charge in [-0.2, -0.15) is 13.2 Å². The third-order valence-electron chi connectivity index (χ3n) is 3.76. The van der Waals surface area contributed by atoms with E-state index in [9.17, 15) is 26.1 Å². The zero-order valence-electron chi connectivity index (χ0n) is 18.4. The van der Waals surface area contributed by atoms with Gasteiger partial charge in [0.2, 0.25) is 0 Å². The number of ether oxygens (including phenoxy) is 1. The fourth-order valence-electron chi connectivity index (χ4n) is 2.74. The van der Waals surface area contributed by atoms with Gasteiger partial charge in [0.1, 0.15) is 27.2 Å². The van der Waals surface area contributed by atoms with Gasteiger partial charge in [-0.1, -0.05) is 42.5 Å². The van der Waals surface area contributed by atoms with Gasteiger partial charge in [-0.25, -0.2) is 8.42 Å². The van der Waals surface area contributed by atoms with Gasteiger partial charge in [0.05, 0.1) is 10.9 Å². The Morgan fingerprint density at radius 1 is 0.788 bits per heavy atom. The molecule has 4 nitrogen and oxygen atoms in total. The molecule has 0 amide bonds. The predicted molar refractivity (Wildman–Crippen MR) is 122 cm³/mol. The van der Waals surface area contributed by atoms with Gasteiger partial charge < -0.3 is 9.29 Å². The highest BCUT2D eigenvalue weighted by Crippen LogP contribution is 2.33. The maximum Gasteiger partial charge on any atom is 0.401 e. The molecule has 0 spiro atoms. The maximum absolute atomic E-state index is 11.0. The summed E-state index contributed by atoms with van der Waals surface area (Å²) in [4.78, 5) is 3.90. The summed E-state index contributed by atoms with van der Waals surface area (Å²) in [6.07, 6.45) is -4.92. The number of benzene rings is 3. The van der Waals surface area contributed by atoms with E-state index in [2.05, 4.69) is 99.6 Å². The summed E-state index contributed by atoms with van der Waals surface area (Å²) in [6.45, 7) is 6.23. The van der Waals surface area contributed by atoms with Crippen molar-refractivity contribution in [3.63, 3.8) is 0 Å². The molecule has 33 heavy (non-hydrogen) atoms. The Bertz CT molecular complexity index is 1070. The van der Waals surface area contributed by atoms with Crippen LogP contribution >= 0.6 is 0 Å². The van der Waals surface area contributed by atoms with Crippen LogP contribution in [0.15, 0.2) is 99.6 Å². The van der Waals surface area contributed by atoms with Gasteiger partial charge >= 0.3 is 6.18 Å². The van der Waals surface area contributed by atoms with Gasteiger partial charge in [-0.05, 0) is 57.2 Å². The molecule has 178 valence electrons. The number of alkyl halides is 3. The topological polar surface area (TPSA) is 66.4 Å². The molecular formula is C24H25F3O4S2. The van der Waals surface area contributed by atoms with E-state index in [4.69, 9.17) is 4.74 Å². The number of halogens is 3. The summed E-state index contributed by atoms with van der Waals surface area (Å²) in [5, 5.41) is 0. The van der Waals surface area contributed by atoms with Crippen molar-refractivity contribution in [2.24, 2.45) is 0 Å². The van der Waals surface area contributed by atoms with Crippen molar-refractivity contribution in [2.75, 3.05) is 5.75 Å². The van der Waals surface area contributed by atoms with Crippen LogP contribution < -0.4 is 4.74 Å². The van der Waals surface area contributed by atoms with Crippen molar-refractivity contribution in [1.82, 2.24) is 0 Å². The first-order chi connectivity index (χ1) is 15.2. The van der Waals surface area contributed by atoms with Crippen molar-refractivity contribution in [2.45, 2.75) is 47.2 Å². The lowest BCUT2D eigenvalue weighted by atomic mass is 10.2. The molecule has 0 heterocycles. The third kappa shape index (κ3) is 10.3. The standard InChI is InChI=1S/C22H23OS.C2H3F3O3S/c1-22(2,3)23-18-11-10-16-21(17-18)24(19-12-6-4-7-13-19)20-14-8-5-9-15-20;3-2(4,5)1-9(6,7)8/h4-17H,1-3H3;1H2,(H,6,7,8)/q+1;/p-1. The molecule has 9 heteroatoms. The second-order valence-corrected chi connectivity index (χ2v) is 11.4. The summed E-state index contributed by atoms with van der Waals surface area (Å²) in [6, 6.07) is 29.8. The lowest BCUT2D eigenvalue weighted by Gasteiger charge is -2.21. The second-order valence-electron chi connectivity index (χ2n) is 7.94. The number of rotatable bonds is 5. The second kappa shape index (κ2) is 11.1. The number of hydrogen-bond donors (Lipinski definition) is 0. The first-order valence-electron chi connectivity index (χ1n) is 9.87. The van der Waals surface area contributed by atoms with Crippen LogP contribution in [0.2, 0.25) is 0 Å². The predicted octanol–water partition coefficient (Wildman–Crippen LogP) is 6.05. The summed E-state index contributed by atoms with van der Waals surface area (Å²) >= 11 is 0. The molecule has 0 N–H and O–H groups in total. The van der Waals surface area contributed by atoms with Gasteiger partial charge in [0, 0.05) is 6.07 Å². The van der Waals surface area contributed by atoms with E-state index in [1.807, 2.05) is 6.07 Å². The minimum Gasteiger partial charge on any atom is -0.748 e. The molecule has 0 aliphatic heterocycles. The van der Waals surface area contributed by atoms with E-state index in [-0.39, 0.29) is 16.5 Å². The Kier molecular flexibility index (Phi) is 8.99. The lowest BCUT2D eigenvalue weighted by Crippen LogP contribution is -2.23. The van der Waals surface area contributed by atoms with E-state index < -0.39 is 22.0 Å². The summed E-state index contributed by atoms with van der Waals surface area (Å²) < 4.78 is 67.1. The Balaban J connectivity index is 0.000000365. The van der Waals surface area contributed by atoms with Crippen molar-refractivity contribution in [3.8, 4) is 5.75 Å². The van der Waals surface area contributed by atoms with Crippen molar-refractivity contribution < 1.29 is 30.9 Å². The van der Waals surface area contributed by atoms with Crippen LogP contribution in [0, 0.1) is 0 Å². The van der Waals surface area contributed by atoms with E-state index in [1.165, 1.54) is 14.7 Å². The monoisotopic (exact) mass is 498 g/mol. The molecule has 0 radical (unpaired) electrons. The Morgan fingerprint density at radius 2 is 1.24 bits per heavy atom. The Hall–Kier alpha value is -2.49. The molecule has 0 fully saturated rings. The SMILES string of the molecule is CC(C)(C)Oc1cccc([S+](c2ccccc2)c2ccccc2)c1.O=S(=O)([O-])CC(F)(F)F. The van der Waals surface area contributed by atoms with E-state index in [0.717, 1.165) is 5.75 Å². The van der Waals surface area contributed by atoms with Gasteiger partial charge in [-0.15, -0.1) is 0 Å². The van der Waals surface area contributed by atoms with E-state index >= 15 is 0 Å². The zero-order valence-corrected chi connectivity index (χ0v) is 20.0. The summed E-state index contributed by atoms with van der Waals surface area (Å²) in [5.41, 5.74) is -0.198. The Morgan fingerprint density at radius 3 is 1.61 bits per heavy atom. The number of hydrogen-bond acceptors (Lipinski definition) is 4. The fraction of sp³-hybridized carbons (Fsp3) is 0.250. The molecule has 0 saturated heterocycles. The summed E-state index contributed by atoms with van der Waals surface area (Å²) in [7, 11) is -5.29. The van der Waals surface area contributed by atoms with Gasteiger partial charge in [0.25, 0.3) is 0 Å². The van der Waals surface area contributed by atoms with Crippen LogP contribution in [0.4, 0.5) is 13.2 Å². The molecule has 0 aliphatic rings. The van der Waals surface area contributed by atoms with Crippen LogP contribution in [0.5, 0.6) is 5.75 Å². The molecule has 0 bridgehead atoms. The van der Waals surface area contributed by atoms with Crippen molar-refractivity contribution >= 4 is 21.0 Å². The fourth-order valence-corrected chi connectivity index (χ4v) is 5.26. The maximum atomic E-state index is 11.0. The largest absolute Gasteiger partial charge is 0.748 e. The van der Waals surface area contributed by atoms with Gasteiger partial charge in [-0.3, -0.25) is 0 Å². The van der Waals surface area contributed by atoms with Crippen molar-refractivity contribution in [3.05, 3.63) is 84.9 Å². The average Bonchev–Trinajstić information content (AvgIpc) is 2.67. The average molecular weight is 499 g/mol. The molecule has 3 aromatic carbocycles. The zero-order chi connectivity index (χ0) is 24.7. The van der Waals surface area contributed by atoms with Crippen LogP contribution in [0.3, 0.4) is 0 Å². The van der Waals surface area contributed by atoms with Gasteiger partial charge in [0.15, 0.2) is 14.7 Å². The minimum atomic E-state index is -5.16. The molecule has 0 saturated carbocycles. The lowest BCUT2D eigenvalue weighted by molar-refractivity contribution is -0.107. The normalized spacial score (nSPS) is 12.1. The van der Waals surface area contributed by atoms with E-state index in [1.54, 1.807) is 0 Å². The van der Waals surface area contributed by atoms with Crippen LogP contribution in [0.25, 0.3) is 0 Å². The third-order valence-corrected chi connectivity index (χ3v) is 6.66. The molecule has 3 aromatic rings. The minimum absolute atomic E-state index is 0.133. The Labute approximate surface area is 195 Å². The smallest absolute Gasteiger partial charge is 0.401 e.